The summed E-state index contributed by atoms with van der Waals surface area (Å²) in [5.41, 5.74) is 2.33. The standard InChI is InChI=1S/C19H21N5/c1-2-7-16(8-3-1)9-6-13-21-19-22-14-11-18(24-19)23-15-17-10-4-5-12-20-17/h1-5,7-8,10-12,14H,6,9,13,15H2,(H2,21,22,23,24). The molecule has 1 aromatic carbocycles. The van der Waals surface area contributed by atoms with Gasteiger partial charge >= 0.3 is 0 Å². The second-order valence-corrected chi connectivity index (χ2v) is 5.46. The highest BCUT2D eigenvalue weighted by atomic mass is 15.1. The van der Waals surface area contributed by atoms with Gasteiger partial charge in [0.05, 0.1) is 12.2 Å². The first-order valence-electron chi connectivity index (χ1n) is 8.15. The number of anilines is 2. The minimum Gasteiger partial charge on any atom is -0.364 e. The van der Waals surface area contributed by atoms with Crippen LogP contribution in [0.5, 0.6) is 0 Å². The van der Waals surface area contributed by atoms with Crippen LogP contribution in [0.15, 0.2) is 67.0 Å². The van der Waals surface area contributed by atoms with E-state index in [1.165, 1.54) is 5.56 Å². The number of benzene rings is 1. The third-order valence-corrected chi connectivity index (χ3v) is 3.60. The summed E-state index contributed by atoms with van der Waals surface area (Å²) >= 11 is 0. The maximum Gasteiger partial charge on any atom is 0.224 e. The molecule has 0 aliphatic heterocycles. The van der Waals surface area contributed by atoms with E-state index >= 15 is 0 Å². The van der Waals surface area contributed by atoms with Crippen LogP contribution in [0.2, 0.25) is 0 Å². The van der Waals surface area contributed by atoms with Crippen LogP contribution in [-0.2, 0) is 13.0 Å². The molecule has 0 fully saturated rings. The highest BCUT2D eigenvalue weighted by Crippen LogP contribution is 2.08. The Morgan fingerprint density at radius 3 is 2.50 bits per heavy atom. The van der Waals surface area contributed by atoms with Crippen molar-refractivity contribution in [2.75, 3.05) is 17.2 Å². The maximum absolute atomic E-state index is 4.47. The first-order valence-corrected chi connectivity index (χ1v) is 8.15. The maximum atomic E-state index is 4.47. The molecule has 0 spiro atoms. The van der Waals surface area contributed by atoms with Crippen molar-refractivity contribution in [1.82, 2.24) is 15.0 Å². The van der Waals surface area contributed by atoms with E-state index < -0.39 is 0 Å². The molecule has 0 aliphatic rings. The zero-order chi connectivity index (χ0) is 16.5. The normalized spacial score (nSPS) is 10.3. The molecule has 24 heavy (non-hydrogen) atoms. The molecule has 0 radical (unpaired) electrons. The fraction of sp³-hybridized carbons (Fsp3) is 0.211. The molecular weight excluding hydrogens is 298 g/mol. The van der Waals surface area contributed by atoms with Gasteiger partial charge in [0.25, 0.3) is 0 Å². The Balaban J connectivity index is 1.45. The molecule has 5 nitrogen and oxygen atoms in total. The van der Waals surface area contributed by atoms with E-state index in [0.717, 1.165) is 30.9 Å². The van der Waals surface area contributed by atoms with E-state index in [4.69, 9.17) is 0 Å². The van der Waals surface area contributed by atoms with Gasteiger partial charge in [0.1, 0.15) is 5.82 Å². The molecule has 3 rings (SSSR count). The summed E-state index contributed by atoms with van der Waals surface area (Å²) in [6, 6.07) is 18.2. The minimum atomic E-state index is 0.644. The molecule has 0 bridgehead atoms. The van der Waals surface area contributed by atoms with Crippen LogP contribution in [0.25, 0.3) is 0 Å². The lowest BCUT2D eigenvalue weighted by molar-refractivity contribution is 0.852. The Labute approximate surface area is 142 Å². The Hall–Kier alpha value is -2.95. The number of nitrogens with zero attached hydrogens (tertiary/aromatic N) is 3. The fourth-order valence-electron chi connectivity index (χ4n) is 2.36. The topological polar surface area (TPSA) is 62.7 Å². The van der Waals surface area contributed by atoms with Gasteiger partial charge in [-0.3, -0.25) is 4.98 Å². The minimum absolute atomic E-state index is 0.644. The van der Waals surface area contributed by atoms with E-state index in [2.05, 4.69) is 49.9 Å². The average Bonchev–Trinajstić information content (AvgIpc) is 2.66. The van der Waals surface area contributed by atoms with Crippen LogP contribution in [-0.4, -0.2) is 21.5 Å². The van der Waals surface area contributed by atoms with Crippen molar-refractivity contribution in [3.05, 3.63) is 78.2 Å². The highest BCUT2D eigenvalue weighted by molar-refractivity contribution is 5.39. The lowest BCUT2D eigenvalue weighted by atomic mass is 10.1. The van der Waals surface area contributed by atoms with Crippen LogP contribution >= 0.6 is 0 Å². The predicted molar refractivity (Wildman–Crippen MR) is 96.8 cm³/mol. The van der Waals surface area contributed by atoms with Crippen molar-refractivity contribution >= 4 is 11.8 Å². The third kappa shape index (κ3) is 5.05. The molecule has 0 saturated carbocycles. The van der Waals surface area contributed by atoms with Gasteiger partial charge in [0.15, 0.2) is 0 Å². The zero-order valence-electron chi connectivity index (χ0n) is 13.5. The monoisotopic (exact) mass is 319 g/mol. The number of pyridine rings is 1. The van der Waals surface area contributed by atoms with E-state index in [0.29, 0.717) is 12.5 Å². The molecule has 0 unspecified atom stereocenters. The highest BCUT2D eigenvalue weighted by Gasteiger charge is 2.00. The first-order chi connectivity index (χ1) is 11.9. The summed E-state index contributed by atoms with van der Waals surface area (Å²) in [6.45, 7) is 1.49. The van der Waals surface area contributed by atoms with Gasteiger partial charge in [0, 0.05) is 18.9 Å². The summed E-state index contributed by atoms with van der Waals surface area (Å²) in [7, 11) is 0. The number of hydrogen-bond donors (Lipinski definition) is 2. The van der Waals surface area contributed by atoms with Gasteiger partial charge < -0.3 is 10.6 Å². The molecule has 2 heterocycles. The quantitative estimate of drug-likeness (QED) is 0.622. The first kappa shape index (κ1) is 15.9. The SMILES string of the molecule is c1ccc(CCCNc2nccc(NCc3ccccn3)n2)cc1. The summed E-state index contributed by atoms with van der Waals surface area (Å²) in [5.74, 6) is 1.44. The van der Waals surface area contributed by atoms with Crippen molar-refractivity contribution in [2.24, 2.45) is 0 Å². The van der Waals surface area contributed by atoms with Crippen molar-refractivity contribution in [3.8, 4) is 0 Å². The van der Waals surface area contributed by atoms with Crippen LogP contribution in [0.3, 0.4) is 0 Å². The van der Waals surface area contributed by atoms with Crippen LogP contribution in [0.4, 0.5) is 11.8 Å². The van der Waals surface area contributed by atoms with Crippen LogP contribution in [0.1, 0.15) is 17.7 Å². The third-order valence-electron chi connectivity index (χ3n) is 3.60. The van der Waals surface area contributed by atoms with E-state index in [1.54, 1.807) is 12.4 Å². The molecule has 122 valence electrons. The van der Waals surface area contributed by atoms with Crippen molar-refractivity contribution in [2.45, 2.75) is 19.4 Å². The summed E-state index contributed by atoms with van der Waals surface area (Å²) in [5, 5.41) is 6.54. The Kier molecular flexibility index (Phi) is 5.72. The summed E-state index contributed by atoms with van der Waals surface area (Å²) in [4.78, 5) is 13.0. The molecule has 5 heteroatoms. The molecule has 2 aromatic heterocycles. The smallest absolute Gasteiger partial charge is 0.224 e. The summed E-state index contributed by atoms with van der Waals surface area (Å²) in [6.07, 6.45) is 5.63. The number of hydrogen-bond acceptors (Lipinski definition) is 5. The molecule has 0 amide bonds. The van der Waals surface area contributed by atoms with Crippen LogP contribution < -0.4 is 10.6 Å². The Bertz CT molecular complexity index is 731. The molecule has 0 atom stereocenters. The number of rotatable bonds is 8. The van der Waals surface area contributed by atoms with E-state index in [-0.39, 0.29) is 0 Å². The molecule has 2 N–H and O–H groups in total. The van der Waals surface area contributed by atoms with Crippen molar-refractivity contribution in [1.29, 1.82) is 0 Å². The lowest BCUT2D eigenvalue weighted by Crippen LogP contribution is -2.08. The van der Waals surface area contributed by atoms with Gasteiger partial charge in [-0.15, -0.1) is 0 Å². The van der Waals surface area contributed by atoms with E-state index in [9.17, 15) is 0 Å². The molecule has 3 aromatic rings. The van der Waals surface area contributed by atoms with Gasteiger partial charge in [0.2, 0.25) is 5.95 Å². The average molecular weight is 319 g/mol. The van der Waals surface area contributed by atoms with Crippen molar-refractivity contribution in [3.63, 3.8) is 0 Å². The lowest BCUT2D eigenvalue weighted by Gasteiger charge is -2.08. The Morgan fingerprint density at radius 1 is 0.792 bits per heavy atom. The van der Waals surface area contributed by atoms with Gasteiger partial charge in [-0.1, -0.05) is 36.4 Å². The largest absolute Gasteiger partial charge is 0.364 e. The fourth-order valence-corrected chi connectivity index (χ4v) is 2.36. The zero-order valence-corrected chi connectivity index (χ0v) is 13.5. The van der Waals surface area contributed by atoms with Gasteiger partial charge in [-0.25, -0.2) is 4.98 Å². The number of nitrogens with one attached hydrogen (secondary N) is 2. The number of aryl methyl sites for hydroxylation is 1. The second-order valence-electron chi connectivity index (χ2n) is 5.46. The van der Waals surface area contributed by atoms with Gasteiger partial charge in [-0.05, 0) is 36.6 Å². The number of aromatic nitrogens is 3. The summed E-state index contributed by atoms with van der Waals surface area (Å²) < 4.78 is 0. The predicted octanol–water partition coefficient (Wildman–Crippen LogP) is 3.53. The Morgan fingerprint density at radius 2 is 1.67 bits per heavy atom. The molecule has 0 saturated heterocycles. The second kappa shape index (κ2) is 8.62. The van der Waals surface area contributed by atoms with Crippen LogP contribution in [0, 0.1) is 0 Å². The van der Waals surface area contributed by atoms with Gasteiger partial charge in [-0.2, -0.15) is 4.98 Å². The van der Waals surface area contributed by atoms with E-state index in [1.807, 2.05) is 30.3 Å². The van der Waals surface area contributed by atoms with Crippen molar-refractivity contribution < 1.29 is 0 Å². The molecule has 0 aliphatic carbocycles. The molecular formula is C19H21N5.